The van der Waals surface area contributed by atoms with Crippen LogP contribution in [0.4, 0.5) is 5.69 Å². The fraction of sp³-hybridized carbons (Fsp3) is 0. The largest absolute Gasteiger partial charge is 0.437 e. The molecule has 0 saturated carbocycles. The van der Waals surface area contributed by atoms with E-state index in [2.05, 4.69) is 4.98 Å². The van der Waals surface area contributed by atoms with E-state index in [1.165, 1.54) is 6.20 Å². The van der Waals surface area contributed by atoms with Crippen molar-refractivity contribution in [1.82, 2.24) is 4.98 Å². The van der Waals surface area contributed by atoms with Gasteiger partial charge in [0.25, 0.3) is 0 Å². The molecule has 16 heavy (non-hydrogen) atoms. The molecule has 2 rings (SSSR count). The number of nitrogens with two attached hydrogens (primary N) is 1. The monoisotopic (exact) mass is 254 g/mol. The van der Waals surface area contributed by atoms with E-state index in [4.69, 9.17) is 33.7 Å². The van der Waals surface area contributed by atoms with Crippen LogP contribution in [0.2, 0.25) is 10.0 Å². The summed E-state index contributed by atoms with van der Waals surface area (Å²) in [6, 6.07) is 8.36. The van der Waals surface area contributed by atoms with E-state index in [0.717, 1.165) is 0 Å². The van der Waals surface area contributed by atoms with Gasteiger partial charge >= 0.3 is 0 Å². The molecule has 3 nitrogen and oxygen atoms in total. The zero-order valence-electron chi connectivity index (χ0n) is 8.15. The molecule has 0 atom stereocenters. The number of aromatic nitrogens is 1. The van der Waals surface area contributed by atoms with Crippen molar-refractivity contribution in [2.75, 3.05) is 5.73 Å². The van der Waals surface area contributed by atoms with Gasteiger partial charge in [0.2, 0.25) is 5.88 Å². The summed E-state index contributed by atoms with van der Waals surface area (Å²) in [5, 5.41) is 1.12. The fourth-order valence-corrected chi connectivity index (χ4v) is 1.44. The van der Waals surface area contributed by atoms with Crippen LogP contribution in [0, 0.1) is 0 Å². The minimum atomic E-state index is 0.429. The van der Waals surface area contributed by atoms with Crippen LogP contribution in [-0.2, 0) is 0 Å². The minimum Gasteiger partial charge on any atom is -0.437 e. The van der Waals surface area contributed by atoms with Gasteiger partial charge in [0, 0.05) is 17.3 Å². The number of anilines is 1. The van der Waals surface area contributed by atoms with Gasteiger partial charge in [0.15, 0.2) is 5.75 Å². The Labute approximate surface area is 103 Å². The van der Waals surface area contributed by atoms with Crippen molar-refractivity contribution >= 4 is 28.9 Å². The summed E-state index contributed by atoms with van der Waals surface area (Å²) in [4.78, 5) is 3.99. The third-order valence-electron chi connectivity index (χ3n) is 1.89. The van der Waals surface area contributed by atoms with Gasteiger partial charge in [-0.3, -0.25) is 0 Å². The lowest BCUT2D eigenvalue weighted by Gasteiger charge is -2.07. The van der Waals surface area contributed by atoms with Gasteiger partial charge < -0.3 is 10.5 Å². The molecule has 0 amide bonds. The average Bonchev–Trinajstić information content (AvgIpc) is 2.25. The molecule has 1 aromatic heterocycles. The van der Waals surface area contributed by atoms with Crippen molar-refractivity contribution in [3.05, 3.63) is 46.6 Å². The number of ether oxygens (including phenoxy) is 1. The third-order valence-corrected chi connectivity index (χ3v) is 2.35. The lowest BCUT2D eigenvalue weighted by molar-refractivity contribution is 0.465. The molecule has 0 fully saturated rings. The normalized spacial score (nSPS) is 10.1. The van der Waals surface area contributed by atoms with Crippen molar-refractivity contribution in [3.63, 3.8) is 0 Å². The Bertz CT molecular complexity index is 500. The van der Waals surface area contributed by atoms with E-state index in [1.807, 2.05) is 0 Å². The maximum atomic E-state index is 5.77. The van der Waals surface area contributed by atoms with Gasteiger partial charge in [-0.2, -0.15) is 0 Å². The van der Waals surface area contributed by atoms with Crippen molar-refractivity contribution in [1.29, 1.82) is 0 Å². The Hall–Kier alpha value is -1.45. The maximum absolute atomic E-state index is 5.77. The second-order valence-corrected chi connectivity index (χ2v) is 3.97. The maximum Gasteiger partial charge on any atom is 0.219 e. The van der Waals surface area contributed by atoms with Gasteiger partial charge in [0.05, 0.1) is 10.7 Å². The third kappa shape index (κ3) is 2.56. The van der Waals surface area contributed by atoms with E-state index in [1.54, 1.807) is 30.3 Å². The standard InChI is InChI=1S/C11H8Cl2N2O/c12-7-1-3-10(9(14)5-7)16-11-4-2-8(13)6-15-11/h1-6H,14H2. The molecule has 82 valence electrons. The molecule has 0 spiro atoms. The highest BCUT2D eigenvalue weighted by Gasteiger charge is 2.03. The van der Waals surface area contributed by atoms with Crippen LogP contribution in [-0.4, -0.2) is 4.98 Å². The molecule has 0 aliphatic heterocycles. The van der Waals surface area contributed by atoms with Crippen molar-refractivity contribution in [3.8, 4) is 11.6 Å². The summed E-state index contributed by atoms with van der Waals surface area (Å²) in [6.07, 6.45) is 1.50. The Morgan fingerprint density at radius 2 is 1.81 bits per heavy atom. The molecule has 0 aliphatic carbocycles. The predicted molar refractivity (Wildman–Crippen MR) is 65.2 cm³/mol. The van der Waals surface area contributed by atoms with Crippen LogP contribution in [0.1, 0.15) is 0 Å². The molecule has 0 radical (unpaired) electrons. The van der Waals surface area contributed by atoms with Crippen molar-refractivity contribution in [2.45, 2.75) is 0 Å². The van der Waals surface area contributed by atoms with E-state index >= 15 is 0 Å². The topological polar surface area (TPSA) is 48.1 Å². The minimum absolute atomic E-state index is 0.429. The van der Waals surface area contributed by atoms with E-state index < -0.39 is 0 Å². The van der Waals surface area contributed by atoms with Crippen LogP contribution in [0.3, 0.4) is 0 Å². The van der Waals surface area contributed by atoms with Crippen LogP contribution in [0.25, 0.3) is 0 Å². The van der Waals surface area contributed by atoms with Crippen LogP contribution in [0.15, 0.2) is 36.5 Å². The van der Waals surface area contributed by atoms with Crippen LogP contribution in [0.5, 0.6) is 11.6 Å². The summed E-state index contributed by atoms with van der Waals surface area (Å²) < 4.78 is 5.47. The Kier molecular flexibility index (Phi) is 3.17. The summed E-state index contributed by atoms with van der Waals surface area (Å²) >= 11 is 11.5. The fourth-order valence-electron chi connectivity index (χ4n) is 1.15. The molecule has 2 aromatic rings. The number of nitrogen functional groups attached to an aromatic ring is 1. The molecule has 0 aliphatic rings. The highest BCUT2D eigenvalue weighted by molar-refractivity contribution is 6.31. The molecular weight excluding hydrogens is 247 g/mol. The van der Waals surface area contributed by atoms with Crippen LogP contribution < -0.4 is 10.5 Å². The molecule has 0 saturated heterocycles. The second kappa shape index (κ2) is 4.60. The highest BCUT2D eigenvalue weighted by Crippen LogP contribution is 2.28. The summed E-state index contributed by atoms with van der Waals surface area (Å²) in [7, 11) is 0. The lowest BCUT2D eigenvalue weighted by Crippen LogP contribution is -1.93. The SMILES string of the molecule is Nc1cc(Cl)ccc1Oc1ccc(Cl)cn1. The number of nitrogens with zero attached hydrogens (tertiary/aromatic N) is 1. The summed E-state index contributed by atoms with van der Waals surface area (Å²) in [5.74, 6) is 0.942. The quantitative estimate of drug-likeness (QED) is 0.831. The van der Waals surface area contributed by atoms with E-state index in [0.29, 0.717) is 27.4 Å². The zero-order chi connectivity index (χ0) is 11.5. The first-order valence-electron chi connectivity index (χ1n) is 4.49. The van der Waals surface area contributed by atoms with E-state index in [-0.39, 0.29) is 0 Å². The molecule has 2 N–H and O–H groups in total. The van der Waals surface area contributed by atoms with Gasteiger partial charge in [-0.05, 0) is 24.3 Å². The Balaban J connectivity index is 2.23. The Morgan fingerprint density at radius 3 is 2.44 bits per heavy atom. The Morgan fingerprint density at radius 1 is 1.06 bits per heavy atom. The molecule has 1 heterocycles. The van der Waals surface area contributed by atoms with Gasteiger partial charge in [-0.15, -0.1) is 0 Å². The lowest BCUT2D eigenvalue weighted by atomic mass is 10.3. The molecule has 1 aromatic carbocycles. The number of benzene rings is 1. The smallest absolute Gasteiger partial charge is 0.219 e. The molecule has 0 bridgehead atoms. The first kappa shape index (κ1) is 11.0. The molecule has 5 heteroatoms. The number of rotatable bonds is 2. The number of hydrogen-bond acceptors (Lipinski definition) is 3. The highest BCUT2D eigenvalue weighted by atomic mass is 35.5. The summed E-state index contributed by atoms with van der Waals surface area (Å²) in [5.41, 5.74) is 6.20. The second-order valence-electron chi connectivity index (χ2n) is 3.10. The van der Waals surface area contributed by atoms with E-state index in [9.17, 15) is 0 Å². The van der Waals surface area contributed by atoms with Gasteiger partial charge in [-0.1, -0.05) is 23.2 Å². The molecular formula is C11H8Cl2N2O. The van der Waals surface area contributed by atoms with Gasteiger partial charge in [0.1, 0.15) is 0 Å². The summed E-state index contributed by atoms with van der Waals surface area (Å²) in [6.45, 7) is 0. The zero-order valence-corrected chi connectivity index (χ0v) is 9.66. The first-order valence-corrected chi connectivity index (χ1v) is 5.25. The first-order chi connectivity index (χ1) is 7.65. The average molecular weight is 255 g/mol. The number of halogens is 2. The number of pyridine rings is 1. The number of hydrogen-bond donors (Lipinski definition) is 1. The van der Waals surface area contributed by atoms with Gasteiger partial charge in [-0.25, -0.2) is 4.98 Å². The van der Waals surface area contributed by atoms with Crippen molar-refractivity contribution in [2.24, 2.45) is 0 Å². The van der Waals surface area contributed by atoms with Crippen molar-refractivity contribution < 1.29 is 4.74 Å². The predicted octanol–water partition coefficient (Wildman–Crippen LogP) is 3.76. The molecule has 0 unspecified atom stereocenters. The van der Waals surface area contributed by atoms with Crippen LogP contribution >= 0.6 is 23.2 Å².